The third kappa shape index (κ3) is 4.32. The quantitative estimate of drug-likeness (QED) is 0.689. The van der Waals surface area contributed by atoms with Crippen molar-refractivity contribution in [3.05, 3.63) is 58.4 Å². The fourth-order valence-electron chi connectivity index (χ4n) is 3.61. The first kappa shape index (κ1) is 18.0. The van der Waals surface area contributed by atoms with Gasteiger partial charge in [0, 0.05) is 29.9 Å². The van der Waals surface area contributed by atoms with Crippen LogP contribution in [-0.4, -0.2) is 33.2 Å². The first-order chi connectivity index (χ1) is 13.0. The fourth-order valence-corrected chi connectivity index (χ4v) is 3.61. The number of nitrogens with zero attached hydrogens (tertiary/aromatic N) is 3. The number of hydrogen-bond donors (Lipinski definition) is 0. The highest BCUT2D eigenvalue weighted by Gasteiger charge is 2.35. The molecule has 0 unspecified atom stereocenters. The molecule has 4 rings (SSSR count). The summed E-state index contributed by atoms with van der Waals surface area (Å²) in [5, 5.41) is 4.70. The van der Waals surface area contributed by atoms with Crippen LogP contribution in [0, 0.1) is 26.7 Å². The summed E-state index contributed by atoms with van der Waals surface area (Å²) in [5.41, 5.74) is 5.65. The van der Waals surface area contributed by atoms with Gasteiger partial charge in [0.2, 0.25) is 5.91 Å². The number of rotatable bonds is 7. The fraction of sp³-hybridized carbons (Fsp3) is 0.478. The lowest BCUT2D eigenvalue weighted by molar-refractivity contribution is -0.126. The van der Waals surface area contributed by atoms with Gasteiger partial charge < -0.3 is 4.90 Å². The van der Waals surface area contributed by atoms with Gasteiger partial charge in [0.15, 0.2) is 0 Å². The second-order valence-corrected chi connectivity index (χ2v) is 8.23. The second kappa shape index (κ2) is 7.34. The van der Waals surface area contributed by atoms with Gasteiger partial charge in [-0.15, -0.1) is 0 Å². The molecule has 0 bridgehead atoms. The predicted molar refractivity (Wildman–Crippen MR) is 108 cm³/mol. The van der Waals surface area contributed by atoms with Crippen molar-refractivity contribution in [3.8, 4) is 0 Å². The van der Waals surface area contributed by atoms with Gasteiger partial charge in [0.25, 0.3) is 0 Å². The third-order valence-corrected chi connectivity index (χ3v) is 5.71. The van der Waals surface area contributed by atoms with Gasteiger partial charge >= 0.3 is 0 Å². The number of benzene rings is 1. The van der Waals surface area contributed by atoms with E-state index in [-0.39, 0.29) is 5.91 Å². The van der Waals surface area contributed by atoms with Crippen LogP contribution >= 0.6 is 0 Å². The summed E-state index contributed by atoms with van der Waals surface area (Å²) in [5.74, 6) is 0.901. The highest BCUT2D eigenvalue weighted by Crippen LogP contribution is 2.35. The lowest BCUT2D eigenvalue weighted by Gasteiger charge is -2.20. The van der Waals surface area contributed by atoms with Crippen LogP contribution in [0.25, 0.3) is 6.08 Å². The molecule has 2 aromatic rings. The molecule has 0 spiro atoms. The number of aryl methyl sites for hydroxylation is 2. The van der Waals surface area contributed by atoms with Crippen molar-refractivity contribution in [2.45, 2.75) is 59.0 Å². The largest absolute Gasteiger partial charge is 0.336 e. The summed E-state index contributed by atoms with van der Waals surface area (Å²) in [7, 11) is 0. The molecule has 0 aliphatic heterocycles. The Labute approximate surface area is 161 Å². The summed E-state index contributed by atoms with van der Waals surface area (Å²) >= 11 is 0. The minimum Gasteiger partial charge on any atom is -0.336 e. The molecule has 2 aliphatic rings. The van der Waals surface area contributed by atoms with Crippen LogP contribution in [-0.2, 0) is 11.3 Å². The van der Waals surface area contributed by atoms with Crippen LogP contribution < -0.4 is 0 Å². The van der Waals surface area contributed by atoms with E-state index in [4.69, 9.17) is 5.10 Å². The van der Waals surface area contributed by atoms with E-state index < -0.39 is 0 Å². The number of hydrogen-bond acceptors (Lipinski definition) is 2. The Morgan fingerprint density at radius 1 is 1.15 bits per heavy atom. The molecule has 4 nitrogen and oxygen atoms in total. The van der Waals surface area contributed by atoms with Crippen LogP contribution in [0.1, 0.15) is 53.8 Å². The molecule has 1 aromatic heterocycles. The minimum atomic E-state index is 0.162. The summed E-state index contributed by atoms with van der Waals surface area (Å²) in [6.45, 7) is 7.90. The van der Waals surface area contributed by atoms with Crippen LogP contribution in [0.2, 0.25) is 0 Å². The van der Waals surface area contributed by atoms with E-state index in [1.165, 1.54) is 36.8 Å². The Morgan fingerprint density at radius 2 is 1.85 bits per heavy atom. The van der Waals surface area contributed by atoms with E-state index in [2.05, 4.69) is 43.0 Å². The smallest absolute Gasteiger partial charge is 0.246 e. The average molecular weight is 364 g/mol. The van der Waals surface area contributed by atoms with Crippen LogP contribution in [0.5, 0.6) is 0 Å². The van der Waals surface area contributed by atoms with Gasteiger partial charge in [-0.1, -0.05) is 29.8 Å². The Morgan fingerprint density at radius 3 is 2.48 bits per heavy atom. The molecule has 142 valence electrons. The Bertz CT molecular complexity index is 854. The highest BCUT2D eigenvalue weighted by atomic mass is 16.2. The molecule has 2 saturated carbocycles. The van der Waals surface area contributed by atoms with Gasteiger partial charge in [-0.25, -0.2) is 0 Å². The molecule has 1 heterocycles. The molecule has 4 heteroatoms. The number of carbonyl (C=O) groups excluding carboxylic acids is 1. The van der Waals surface area contributed by atoms with Crippen molar-refractivity contribution in [3.63, 3.8) is 0 Å². The molecular weight excluding hydrogens is 334 g/mol. The molecule has 2 fully saturated rings. The first-order valence-corrected chi connectivity index (χ1v) is 10.1. The zero-order valence-electron chi connectivity index (χ0n) is 16.6. The van der Waals surface area contributed by atoms with Gasteiger partial charge in [-0.05, 0) is 64.0 Å². The van der Waals surface area contributed by atoms with E-state index in [1.54, 1.807) is 6.08 Å². The van der Waals surface area contributed by atoms with Crippen molar-refractivity contribution < 1.29 is 4.79 Å². The summed E-state index contributed by atoms with van der Waals surface area (Å²) in [4.78, 5) is 14.8. The van der Waals surface area contributed by atoms with Crippen molar-refractivity contribution in [1.82, 2.24) is 14.7 Å². The number of carbonyl (C=O) groups is 1. The van der Waals surface area contributed by atoms with Crippen LogP contribution in [0.3, 0.4) is 0 Å². The van der Waals surface area contributed by atoms with E-state index >= 15 is 0 Å². The molecule has 2 aliphatic carbocycles. The maximum atomic E-state index is 12.7. The van der Waals surface area contributed by atoms with Crippen LogP contribution in [0.15, 0.2) is 30.3 Å². The van der Waals surface area contributed by atoms with Crippen molar-refractivity contribution in [2.75, 3.05) is 6.54 Å². The summed E-state index contributed by atoms with van der Waals surface area (Å²) in [6, 6.07) is 9.04. The first-order valence-electron chi connectivity index (χ1n) is 10.1. The van der Waals surface area contributed by atoms with E-state index in [9.17, 15) is 4.79 Å². The van der Waals surface area contributed by atoms with Gasteiger partial charge in [-0.2, -0.15) is 5.10 Å². The Hall–Kier alpha value is -2.36. The van der Waals surface area contributed by atoms with Crippen LogP contribution in [0.4, 0.5) is 0 Å². The molecule has 0 saturated heterocycles. The predicted octanol–water partition coefficient (Wildman–Crippen LogP) is 4.27. The summed E-state index contributed by atoms with van der Waals surface area (Å²) < 4.78 is 2.03. The van der Waals surface area contributed by atoms with Crippen molar-refractivity contribution >= 4 is 12.0 Å². The molecule has 27 heavy (non-hydrogen) atoms. The minimum absolute atomic E-state index is 0.162. The summed E-state index contributed by atoms with van der Waals surface area (Å²) in [6.07, 6.45) is 8.62. The zero-order valence-corrected chi connectivity index (χ0v) is 16.6. The highest BCUT2D eigenvalue weighted by molar-refractivity contribution is 5.92. The van der Waals surface area contributed by atoms with Crippen molar-refractivity contribution in [2.24, 2.45) is 5.92 Å². The number of aromatic nitrogens is 2. The van der Waals surface area contributed by atoms with E-state index in [0.29, 0.717) is 6.04 Å². The zero-order chi connectivity index (χ0) is 19.0. The topological polar surface area (TPSA) is 38.1 Å². The third-order valence-electron chi connectivity index (χ3n) is 5.71. The molecular formula is C23H29N3O. The molecule has 1 aromatic carbocycles. The Balaban J connectivity index is 1.48. The van der Waals surface area contributed by atoms with Gasteiger partial charge in [0.05, 0.1) is 12.2 Å². The monoisotopic (exact) mass is 363 g/mol. The Kier molecular flexibility index (Phi) is 4.90. The SMILES string of the molecule is Cc1ccc(Cn2nc(C)c(/C=C/C(=O)N(CC3CC3)C3CC3)c2C)cc1. The molecule has 1 amide bonds. The lowest BCUT2D eigenvalue weighted by Crippen LogP contribution is -2.33. The van der Waals surface area contributed by atoms with Crippen molar-refractivity contribution in [1.29, 1.82) is 0 Å². The molecule has 0 radical (unpaired) electrons. The average Bonchev–Trinajstić information content (AvgIpc) is 3.54. The van der Waals surface area contributed by atoms with Gasteiger partial charge in [-0.3, -0.25) is 9.48 Å². The lowest BCUT2D eigenvalue weighted by atomic mass is 10.1. The normalized spacial score (nSPS) is 16.9. The maximum Gasteiger partial charge on any atom is 0.246 e. The maximum absolute atomic E-state index is 12.7. The van der Waals surface area contributed by atoms with Gasteiger partial charge in [0.1, 0.15) is 0 Å². The van der Waals surface area contributed by atoms with E-state index in [0.717, 1.165) is 36.0 Å². The standard InChI is InChI=1S/C23H29N3O/c1-16-4-6-20(7-5-16)15-26-18(3)22(17(2)24-26)12-13-23(27)25(21-10-11-21)14-19-8-9-19/h4-7,12-13,19,21H,8-11,14-15H2,1-3H3/b13-12+. The number of amides is 1. The van der Waals surface area contributed by atoms with E-state index in [1.807, 2.05) is 17.7 Å². The molecule has 0 atom stereocenters. The molecule has 0 N–H and O–H groups in total. The second-order valence-electron chi connectivity index (χ2n) is 8.23.